The lowest BCUT2D eigenvalue weighted by Crippen LogP contribution is -2.43. The quantitative estimate of drug-likeness (QED) is 0.323. The molecular formula is C32H34ClN5O. The van der Waals surface area contributed by atoms with E-state index in [0.29, 0.717) is 40.7 Å². The first-order chi connectivity index (χ1) is 19.0. The van der Waals surface area contributed by atoms with Gasteiger partial charge in [0.15, 0.2) is 0 Å². The predicted molar refractivity (Wildman–Crippen MR) is 159 cm³/mol. The zero-order valence-corrected chi connectivity index (χ0v) is 23.3. The molecule has 0 amide bonds. The zero-order chi connectivity index (χ0) is 27.2. The average molecular weight is 540 g/mol. The van der Waals surface area contributed by atoms with Crippen molar-refractivity contribution >= 4 is 28.6 Å². The topological polar surface area (TPSA) is 63.1 Å². The molecule has 6 nitrogen and oxygen atoms in total. The maximum Gasteiger partial charge on any atom is 0.253 e. The minimum absolute atomic E-state index is 0.0995. The summed E-state index contributed by atoms with van der Waals surface area (Å²) in [5, 5.41) is 5.12. The van der Waals surface area contributed by atoms with Crippen molar-refractivity contribution in [2.75, 3.05) is 24.5 Å². The molecule has 4 aromatic rings. The number of aromatic nitrogens is 3. The van der Waals surface area contributed by atoms with Crippen molar-refractivity contribution in [2.24, 2.45) is 5.92 Å². The van der Waals surface area contributed by atoms with Crippen LogP contribution in [0.5, 0.6) is 0 Å². The number of halogens is 1. The second kappa shape index (κ2) is 12.5. The van der Waals surface area contributed by atoms with Gasteiger partial charge < -0.3 is 10.2 Å². The fourth-order valence-corrected chi connectivity index (χ4v) is 5.19. The Morgan fingerprint density at radius 2 is 1.85 bits per heavy atom. The van der Waals surface area contributed by atoms with Gasteiger partial charge in [0.25, 0.3) is 5.56 Å². The molecule has 0 aliphatic carbocycles. The molecule has 0 spiro atoms. The van der Waals surface area contributed by atoms with Crippen molar-refractivity contribution in [1.29, 1.82) is 0 Å². The first kappa shape index (κ1) is 26.9. The molecule has 1 aliphatic rings. The monoisotopic (exact) mass is 539 g/mol. The number of pyridine rings is 1. The first-order valence-electron chi connectivity index (χ1n) is 13.7. The van der Waals surface area contributed by atoms with Crippen LogP contribution in [-0.4, -0.2) is 40.2 Å². The number of nitrogens with zero attached hydrogens (tertiary/aromatic N) is 4. The Bertz CT molecular complexity index is 1550. The number of hydrogen-bond acceptors (Lipinski definition) is 5. The van der Waals surface area contributed by atoms with E-state index in [4.69, 9.17) is 21.6 Å². The molecule has 1 fully saturated rings. The Morgan fingerprint density at radius 1 is 1.05 bits per heavy atom. The van der Waals surface area contributed by atoms with Crippen LogP contribution in [0.2, 0.25) is 5.02 Å². The van der Waals surface area contributed by atoms with Gasteiger partial charge in [0.1, 0.15) is 5.65 Å². The number of rotatable bonds is 7. The SMILES string of the molecule is CC(C)Cn1c(=O)cc(C#Cc2cccc(Cl)c2)c2cnc(N3CCC(NCCc4ccccc4)CC3)nc21. The van der Waals surface area contributed by atoms with Crippen molar-refractivity contribution in [3.05, 3.63) is 98.9 Å². The molecule has 0 radical (unpaired) electrons. The van der Waals surface area contributed by atoms with Crippen LogP contribution in [0.4, 0.5) is 5.95 Å². The summed E-state index contributed by atoms with van der Waals surface area (Å²) in [5.41, 5.74) is 3.32. The molecule has 0 atom stereocenters. The van der Waals surface area contributed by atoms with Crippen LogP contribution >= 0.6 is 11.6 Å². The molecule has 7 heteroatoms. The van der Waals surface area contributed by atoms with E-state index in [9.17, 15) is 4.79 Å². The number of anilines is 1. The third-order valence-corrected chi connectivity index (χ3v) is 7.25. The van der Waals surface area contributed by atoms with Gasteiger partial charge in [-0.05, 0) is 55.5 Å². The molecule has 200 valence electrons. The summed E-state index contributed by atoms with van der Waals surface area (Å²) in [7, 11) is 0. The first-order valence-corrected chi connectivity index (χ1v) is 14.0. The van der Waals surface area contributed by atoms with Gasteiger partial charge in [0, 0.05) is 54.1 Å². The van der Waals surface area contributed by atoms with E-state index in [1.54, 1.807) is 10.6 Å². The summed E-state index contributed by atoms with van der Waals surface area (Å²) in [6.07, 6.45) is 4.91. The smallest absolute Gasteiger partial charge is 0.253 e. The summed E-state index contributed by atoms with van der Waals surface area (Å²) in [4.78, 5) is 25.1. The highest BCUT2D eigenvalue weighted by Crippen LogP contribution is 2.21. The second-order valence-electron chi connectivity index (χ2n) is 10.5. The van der Waals surface area contributed by atoms with E-state index in [1.165, 1.54) is 5.56 Å². The van der Waals surface area contributed by atoms with Crippen molar-refractivity contribution in [1.82, 2.24) is 19.9 Å². The average Bonchev–Trinajstić information content (AvgIpc) is 2.94. The number of benzene rings is 2. The lowest BCUT2D eigenvalue weighted by atomic mass is 10.0. The molecule has 3 heterocycles. The molecule has 1 N–H and O–H groups in total. The minimum Gasteiger partial charge on any atom is -0.341 e. The molecule has 39 heavy (non-hydrogen) atoms. The van der Waals surface area contributed by atoms with Gasteiger partial charge in [-0.2, -0.15) is 4.98 Å². The minimum atomic E-state index is -0.0995. The Balaban J connectivity index is 1.35. The Morgan fingerprint density at radius 3 is 2.59 bits per heavy atom. The molecule has 1 aliphatic heterocycles. The van der Waals surface area contributed by atoms with Gasteiger partial charge in [0.05, 0.1) is 5.39 Å². The van der Waals surface area contributed by atoms with Crippen molar-refractivity contribution in [2.45, 2.75) is 45.7 Å². The molecule has 0 bridgehead atoms. The van der Waals surface area contributed by atoms with Gasteiger partial charge in [-0.25, -0.2) is 4.98 Å². The van der Waals surface area contributed by atoms with E-state index in [1.807, 2.05) is 30.5 Å². The van der Waals surface area contributed by atoms with Crippen LogP contribution in [-0.2, 0) is 13.0 Å². The molecule has 0 saturated carbocycles. The Labute approximate surface area is 235 Å². The molecule has 0 unspecified atom stereocenters. The van der Waals surface area contributed by atoms with E-state index < -0.39 is 0 Å². The summed E-state index contributed by atoms with van der Waals surface area (Å²) in [6, 6.07) is 20.1. The summed E-state index contributed by atoms with van der Waals surface area (Å²) in [6.45, 7) is 7.50. The number of piperidine rings is 1. The normalized spacial score (nSPS) is 14.0. The zero-order valence-electron chi connectivity index (χ0n) is 22.5. The van der Waals surface area contributed by atoms with Gasteiger partial charge in [-0.15, -0.1) is 0 Å². The summed E-state index contributed by atoms with van der Waals surface area (Å²) < 4.78 is 1.76. The highest BCUT2D eigenvalue weighted by molar-refractivity contribution is 6.30. The van der Waals surface area contributed by atoms with E-state index in [-0.39, 0.29) is 5.56 Å². The fourth-order valence-electron chi connectivity index (χ4n) is 5.00. The van der Waals surface area contributed by atoms with Crippen LogP contribution in [0.25, 0.3) is 11.0 Å². The Hall–Kier alpha value is -3.66. The number of nitrogens with one attached hydrogen (secondary N) is 1. The number of hydrogen-bond donors (Lipinski definition) is 1. The molecule has 2 aromatic carbocycles. The van der Waals surface area contributed by atoms with Crippen molar-refractivity contribution in [3.8, 4) is 11.8 Å². The Kier molecular flexibility index (Phi) is 8.61. The van der Waals surface area contributed by atoms with Gasteiger partial charge >= 0.3 is 0 Å². The second-order valence-corrected chi connectivity index (χ2v) is 11.0. The number of fused-ring (bicyclic) bond motifs is 1. The van der Waals surface area contributed by atoms with Crippen LogP contribution in [0.3, 0.4) is 0 Å². The van der Waals surface area contributed by atoms with E-state index in [2.05, 4.69) is 66.2 Å². The van der Waals surface area contributed by atoms with Gasteiger partial charge in [-0.3, -0.25) is 9.36 Å². The largest absolute Gasteiger partial charge is 0.341 e. The highest BCUT2D eigenvalue weighted by Gasteiger charge is 2.22. The summed E-state index contributed by atoms with van der Waals surface area (Å²) >= 11 is 6.12. The lowest BCUT2D eigenvalue weighted by molar-refractivity contribution is 0.415. The third-order valence-electron chi connectivity index (χ3n) is 7.02. The molecular weight excluding hydrogens is 506 g/mol. The van der Waals surface area contributed by atoms with Gasteiger partial charge in [0.2, 0.25) is 5.95 Å². The van der Waals surface area contributed by atoms with Crippen LogP contribution in [0, 0.1) is 17.8 Å². The standard InChI is InChI=1S/C32H34ClN5O/c1-23(2)22-38-30(39)20-26(12-11-25-9-6-10-27(33)19-25)29-21-35-32(36-31(29)38)37-17-14-28(15-18-37)34-16-13-24-7-4-3-5-8-24/h3-10,19-21,23,28,34H,13-18,22H2,1-2H3. The van der Waals surface area contributed by atoms with E-state index >= 15 is 0 Å². The molecule has 5 rings (SSSR count). The maximum absolute atomic E-state index is 13.2. The van der Waals surface area contributed by atoms with Crippen LogP contribution in [0.1, 0.15) is 43.4 Å². The van der Waals surface area contributed by atoms with E-state index in [0.717, 1.165) is 49.8 Å². The maximum atomic E-state index is 13.2. The van der Waals surface area contributed by atoms with Gasteiger partial charge in [-0.1, -0.05) is 73.7 Å². The predicted octanol–water partition coefficient (Wildman–Crippen LogP) is 5.30. The summed E-state index contributed by atoms with van der Waals surface area (Å²) in [5.74, 6) is 7.27. The van der Waals surface area contributed by atoms with Crippen LogP contribution < -0.4 is 15.8 Å². The highest BCUT2D eigenvalue weighted by atomic mass is 35.5. The third kappa shape index (κ3) is 6.86. The van der Waals surface area contributed by atoms with Crippen molar-refractivity contribution in [3.63, 3.8) is 0 Å². The van der Waals surface area contributed by atoms with Crippen molar-refractivity contribution < 1.29 is 0 Å². The molecule has 2 aromatic heterocycles. The van der Waals surface area contributed by atoms with Crippen LogP contribution in [0.15, 0.2) is 71.7 Å². The fraction of sp³-hybridized carbons (Fsp3) is 0.344. The molecule has 1 saturated heterocycles. The lowest BCUT2D eigenvalue weighted by Gasteiger charge is -2.32.